The molecule has 0 spiro atoms. The van der Waals surface area contributed by atoms with E-state index in [0.29, 0.717) is 26.1 Å². The minimum absolute atomic E-state index is 0.0744. The zero-order valence-corrected chi connectivity index (χ0v) is 10.8. The molecule has 1 aliphatic heterocycles. The molecule has 0 aliphatic carbocycles. The average Bonchev–Trinajstić information content (AvgIpc) is 2.42. The first-order valence-corrected chi connectivity index (χ1v) is 6.36. The number of ether oxygens (including phenoxy) is 1. The van der Waals surface area contributed by atoms with Gasteiger partial charge in [0.05, 0.1) is 6.61 Å². The lowest BCUT2D eigenvalue weighted by molar-refractivity contribution is 0.124. The molecule has 1 fully saturated rings. The summed E-state index contributed by atoms with van der Waals surface area (Å²) >= 11 is 0. The first-order valence-electron chi connectivity index (χ1n) is 6.36. The van der Waals surface area contributed by atoms with Crippen LogP contribution >= 0.6 is 0 Å². The van der Waals surface area contributed by atoms with Crippen molar-refractivity contribution in [3.8, 4) is 5.75 Å². The fourth-order valence-corrected chi connectivity index (χ4v) is 2.12. The number of carbonyl (C=O) groups is 1. The van der Waals surface area contributed by atoms with E-state index >= 15 is 0 Å². The molecule has 0 aromatic heterocycles. The SMILES string of the molecule is O=C(O)N1CCN[C@H](CCOc2c(F)cccc2F)C1. The van der Waals surface area contributed by atoms with Crippen LogP contribution in [0.2, 0.25) is 0 Å². The number of hydrogen-bond acceptors (Lipinski definition) is 3. The Kier molecular flexibility index (Phi) is 4.73. The van der Waals surface area contributed by atoms with Crippen LogP contribution in [0.1, 0.15) is 6.42 Å². The van der Waals surface area contributed by atoms with Gasteiger partial charge in [-0.1, -0.05) is 6.07 Å². The Labute approximate surface area is 115 Å². The van der Waals surface area contributed by atoms with E-state index in [4.69, 9.17) is 9.84 Å². The molecule has 1 aromatic carbocycles. The Bertz CT molecular complexity index is 464. The van der Waals surface area contributed by atoms with E-state index in [1.165, 1.54) is 11.0 Å². The zero-order valence-electron chi connectivity index (χ0n) is 10.8. The average molecular weight is 286 g/mol. The molecule has 1 aliphatic rings. The van der Waals surface area contributed by atoms with E-state index < -0.39 is 23.5 Å². The molecule has 2 rings (SSSR count). The second-order valence-corrected chi connectivity index (χ2v) is 4.57. The van der Waals surface area contributed by atoms with Gasteiger partial charge in [-0.25, -0.2) is 13.6 Å². The number of piperazine rings is 1. The van der Waals surface area contributed by atoms with Crippen LogP contribution in [0.15, 0.2) is 18.2 Å². The van der Waals surface area contributed by atoms with Gasteiger partial charge in [-0.15, -0.1) is 0 Å². The van der Waals surface area contributed by atoms with Crippen molar-refractivity contribution < 1.29 is 23.4 Å². The van der Waals surface area contributed by atoms with Gasteiger partial charge in [-0.05, 0) is 18.6 Å². The maximum atomic E-state index is 13.3. The summed E-state index contributed by atoms with van der Waals surface area (Å²) in [5.41, 5.74) is 0. The Balaban J connectivity index is 1.82. The number of carboxylic acid groups (broad SMARTS) is 1. The van der Waals surface area contributed by atoms with Gasteiger partial charge in [-0.3, -0.25) is 0 Å². The molecule has 1 amide bonds. The molecule has 110 valence electrons. The van der Waals surface area contributed by atoms with E-state index in [1.807, 2.05) is 0 Å². The molecular formula is C13H16F2N2O3. The van der Waals surface area contributed by atoms with Crippen LogP contribution in [0, 0.1) is 11.6 Å². The van der Waals surface area contributed by atoms with Gasteiger partial charge in [-0.2, -0.15) is 0 Å². The third-order valence-electron chi connectivity index (χ3n) is 3.16. The Hall–Kier alpha value is -1.89. The second-order valence-electron chi connectivity index (χ2n) is 4.57. The fourth-order valence-electron chi connectivity index (χ4n) is 2.12. The predicted molar refractivity (Wildman–Crippen MR) is 67.9 cm³/mol. The topological polar surface area (TPSA) is 61.8 Å². The monoisotopic (exact) mass is 286 g/mol. The van der Waals surface area contributed by atoms with Crippen molar-refractivity contribution in [3.63, 3.8) is 0 Å². The van der Waals surface area contributed by atoms with E-state index in [0.717, 1.165) is 12.1 Å². The van der Waals surface area contributed by atoms with Crippen molar-refractivity contribution >= 4 is 6.09 Å². The summed E-state index contributed by atoms with van der Waals surface area (Å²) < 4.78 is 31.7. The number of nitrogens with zero attached hydrogens (tertiary/aromatic N) is 1. The van der Waals surface area contributed by atoms with Crippen molar-refractivity contribution in [2.24, 2.45) is 0 Å². The molecule has 1 saturated heterocycles. The molecule has 20 heavy (non-hydrogen) atoms. The molecule has 0 saturated carbocycles. The lowest BCUT2D eigenvalue weighted by atomic mass is 10.1. The van der Waals surface area contributed by atoms with Gasteiger partial charge >= 0.3 is 6.09 Å². The summed E-state index contributed by atoms with van der Waals surface area (Å²) in [6.45, 7) is 1.46. The zero-order chi connectivity index (χ0) is 14.5. The largest absolute Gasteiger partial charge is 0.488 e. The van der Waals surface area contributed by atoms with E-state index in [-0.39, 0.29) is 12.6 Å². The van der Waals surface area contributed by atoms with Crippen molar-refractivity contribution in [2.45, 2.75) is 12.5 Å². The number of rotatable bonds is 4. The number of halogens is 2. The number of benzene rings is 1. The minimum Gasteiger partial charge on any atom is -0.488 e. The van der Waals surface area contributed by atoms with Crippen molar-refractivity contribution in [1.29, 1.82) is 0 Å². The van der Waals surface area contributed by atoms with Gasteiger partial charge in [0.2, 0.25) is 0 Å². The normalized spacial score (nSPS) is 18.9. The molecule has 5 nitrogen and oxygen atoms in total. The quantitative estimate of drug-likeness (QED) is 0.884. The maximum Gasteiger partial charge on any atom is 0.407 e. The molecule has 2 N–H and O–H groups in total. The van der Waals surface area contributed by atoms with Crippen LogP contribution in [-0.4, -0.2) is 48.4 Å². The van der Waals surface area contributed by atoms with Gasteiger partial charge in [0, 0.05) is 25.7 Å². The molecule has 1 atom stereocenters. The number of amides is 1. The third-order valence-corrected chi connectivity index (χ3v) is 3.16. The fraction of sp³-hybridized carbons (Fsp3) is 0.462. The first-order chi connectivity index (χ1) is 9.58. The first kappa shape index (κ1) is 14.5. The summed E-state index contributed by atoms with van der Waals surface area (Å²) in [7, 11) is 0. The summed E-state index contributed by atoms with van der Waals surface area (Å²) in [5.74, 6) is -1.87. The number of nitrogens with one attached hydrogen (secondary N) is 1. The van der Waals surface area contributed by atoms with Crippen LogP contribution in [0.3, 0.4) is 0 Å². The van der Waals surface area contributed by atoms with Gasteiger partial charge in [0.15, 0.2) is 17.4 Å². The van der Waals surface area contributed by atoms with E-state index in [1.54, 1.807) is 0 Å². The molecule has 0 radical (unpaired) electrons. The van der Waals surface area contributed by atoms with E-state index in [9.17, 15) is 13.6 Å². The highest BCUT2D eigenvalue weighted by molar-refractivity contribution is 5.65. The summed E-state index contributed by atoms with van der Waals surface area (Å²) in [6.07, 6.45) is -0.491. The van der Waals surface area contributed by atoms with Crippen molar-refractivity contribution in [3.05, 3.63) is 29.8 Å². The lowest BCUT2D eigenvalue weighted by Crippen LogP contribution is -2.52. The van der Waals surface area contributed by atoms with Gasteiger partial charge < -0.3 is 20.1 Å². The minimum atomic E-state index is -0.961. The van der Waals surface area contributed by atoms with Crippen LogP contribution in [0.5, 0.6) is 5.75 Å². The number of para-hydroxylation sites is 1. The Morgan fingerprint density at radius 3 is 2.80 bits per heavy atom. The highest BCUT2D eigenvalue weighted by Gasteiger charge is 2.22. The number of hydrogen-bond donors (Lipinski definition) is 2. The van der Waals surface area contributed by atoms with Crippen molar-refractivity contribution in [2.75, 3.05) is 26.2 Å². The van der Waals surface area contributed by atoms with Crippen LogP contribution in [0.4, 0.5) is 13.6 Å². The van der Waals surface area contributed by atoms with E-state index in [2.05, 4.69) is 5.32 Å². The maximum absolute atomic E-state index is 13.3. The molecule has 1 aromatic rings. The Morgan fingerprint density at radius 2 is 2.15 bits per heavy atom. The predicted octanol–water partition coefficient (Wildman–Crippen LogP) is 1.69. The lowest BCUT2D eigenvalue weighted by Gasteiger charge is -2.31. The third kappa shape index (κ3) is 3.57. The van der Waals surface area contributed by atoms with Gasteiger partial charge in [0.1, 0.15) is 0 Å². The Morgan fingerprint density at radius 1 is 1.45 bits per heavy atom. The van der Waals surface area contributed by atoms with Crippen LogP contribution in [0.25, 0.3) is 0 Å². The molecule has 0 bridgehead atoms. The van der Waals surface area contributed by atoms with Crippen molar-refractivity contribution in [1.82, 2.24) is 10.2 Å². The van der Waals surface area contributed by atoms with Gasteiger partial charge in [0.25, 0.3) is 0 Å². The molecule has 7 heteroatoms. The summed E-state index contributed by atoms with van der Waals surface area (Å²) in [4.78, 5) is 12.2. The second kappa shape index (κ2) is 6.51. The standard InChI is InChI=1S/C13H16F2N2O3/c14-10-2-1-3-11(15)12(10)20-7-4-9-8-17(13(18)19)6-5-16-9/h1-3,9,16H,4-8H2,(H,18,19)/t9-/m1/s1. The van der Waals surface area contributed by atoms with Crippen LogP contribution in [-0.2, 0) is 0 Å². The highest BCUT2D eigenvalue weighted by Crippen LogP contribution is 2.21. The highest BCUT2D eigenvalue weighted by atomic mass is 19.1. The smallest absolute Gasteiger partial charge is 0.407 e. The summed E-state index contributed by atoms with van der Waals surface area (Å²) in [5, 5.41) is 12.0. The molecule has 0 unspecified atom stereocenters. The summed E-state index contributed by atoms with van der Waals surface area (Å²) in [6, 6.07) is 3.45. The van der Waals surface area contributed by atoms with Crippen LogP contribution < -0.4 is 10.1 Å². The molecule has 1 heterocycles. The molecular weight excluding hydrogens is 270 g/mol.